The van der Waals surface area contributed by atoms with Crippen molar-refractivity contribution in [2.24, 2.45) is 0 Å². The Morgan fingerprint density at radius 1 is 1.33 bits per heavy atom. The third-order valence-corrected chi connectivity index (χ3v) is 3.03. The van der Waals surface area contributed by atoms with E-state index in [2.05, 4.69) is 21.8 Å². The largest absolute Gasteiger partial charge is 0.335 e. The summed E-state index contributed by atoms with van der Waals surface area (Å²) in [6.45, 7) is 3.69. The first-order valence-corrected chi connectivity index (χ1v) is 6.16. The molecule has 0 bridgehead atoms. The van der Waals surface area contributed by atoms with Crippen molar-refractivity contribution in [1.82, 2.24) is 14.9 Å². The van der Waals surface area contributed by atoms with Crippen molar-refractivity contribution < 1.29 is 4.39 Å². The van der Waals surface area contributed by atoms with Gasteiger partial charge in [0.05, 0.1) is 0 Å². The van der Waals surface area contributed by atoms with Gasteiger partial charge in [-0.3, -0.25) is 0 Å². The van der Waals surface area contributed by atoms with Gasteiger partial charge in [-0.15, -0.1) is 0 Å². The Hall–Kier alpha value is -1.68. The highest BCUT2D eigenvalue weighted by molar-refractivity contribution is 5.30. The highest BCUT2D eigenvalue weighted by Crippen LogP contribution is 2.15. The van der Waals surface area contributed by atoms with Crippen LogP contribution in [0.1, 0.15) is 23.9 Å². The van der Waals surface area contributed by atoms with Gasteiger partial charge >= 0.3 is 0 Å². The first-order valence-electron chi connectivity index (χ1n) is 6.16. The number of hydrogen-bond acceptors (Lipinski definition) is 2. The molecule has 18 heavy (non-hydrogen) atoms. The molecule has 3 nitrogen and oxygen atoms in total. The van der Waals surface area contributed by atoms with Gasteiger partial charge in [0.25, 0.3) is 0 Å². The maximum absolute atomic E-state index is 13.4. The molecule has 0 unspecified atom stereocenters. The van der Waals surface area contributed by atoms with Gasteiger partial charge in [0.15, 0.2) is 0 Å². The van der Waals surface area contributed by atoms with Gasteiger partial charge in [-0.25, -0.2) is 9.37 Å². The van der Waals surface area contributed by atoms with Crippen LogP contribution < -0.4 is 5.32 Å². The van der Waals surface area contributed by atoms with E-state index in [9.17, 15) is 4.39 Å². The van der Waals surface area contributed by atoms with E-state index >= 15 is 0 Å². The summed E-state index contributed by atoms with van der Waals surface area (Å²) in [7, 11) is 1.89. The van der Waals surface area contributed by atoms with E-state index in [4.69, 9.17) is 0 Å². The van der Waals surface area contributed by atoms with E-state index < -0.39 is 0 Å². The van der Waals surface area contributed by atoms with Crippen LogP contribution in [0.2, 0.25) is 0 Å². The van der Waals surface area contributed by atoms with E-state index in [0.29, 0.717) is 6.42 Å². The second-order valence-electron chi connectivity index (χ2n) is 4.25. The van der Waals surface area contributed by atoms with Crippen LogP contribution in [0.4, 0.5) is 4.39 Å². The van der Waals surface area contributed by atoms with Gasteiger partial charge in [-0.2, -0.15) is 0 Å². The van der Waals surface area contributed by atoms with Gasteiger partial charge in [0.2, 0.25) is 0 Å². The van der Waals surface area contributed by atoms with Gasteiger partial charge in [0.1, 0.15) is 11.6 Å². The average Bonchev–Trinajstić information content (AvgIpc) is 2.80. The molecule has 0 radical (unpaired) electrons. The van der Waals surface area contributed by atoms with Crippen molar-refractivity contribution in [1.29, 1.82) is 0 Å². The summed E-state index contributed by atoms with van der Waals surface area (Å²) in [4.78, 5) is 4.33. The Kier molecular flexibility index (Phi) is 4.10. The van der Waals surface area contributed by atoms with Gasteiger partial charge < -0.3 is 9.88 Å². The average molecular weight is 247 g/mol. The molecule has 0 spiro atoms. The number of halogens is 1. The lowest BCUT2D eigenvalue weighted by atomic mass is 10.0. The Balaban J connectivity index is 2.29. The minimum Gasteiger partial charge on any atom is -0.335 e. The van der Waals surface area contributed by atoms with Crippen molar-refractivity contribution in [3.63, 3.8) is 0 Å². The third kappa shape index (κ3) is 2.76. The number of imidazole rings is 1. The fraction of sp³-hybridized carbons (Fsp3) is 0.357. The second kappa shape index (κ2) is 5.78. The molecule has 96 valence electrons. The topological polar surface area (TPSA) is 29.9 Å². The van der Waals surface area contributed by atoms with E-state index in [1.165, 1.54) is 6.07 Å². The van der Waals surface area contributed by atoms with E-state index in [1.54, 1.807) is 12.3 Å². The molecular weight excluding hydrogens is 229 g/mol. The monoisotopic (exact) mass is 247 g/mol. The summed E-state index contributed by atoms with van der Waals surface area (Å²) in [6.07, 6.45) is 4.40. The minimum atomic E-state index is -0.195. The molecular formula is C14H18FN3. The maximum atomic E-state index is 13.4. The summed E-state index contributed by atoms with van der Waals surface area (Å²) >= 11 is 0. The summed E-state index contributed by atoms with van der Waals surface area (Å²) in [5, 5.41) is 3.10. The third-order valence-electron chi connectivity index (χ3n) is 3.03. The Morgan fingerprint density at radius 2 is 2.17 bits per heavy atom. The quantitative estimate of drug-likeness (QED) is 0.879. The van der Waals surface area contributed by atoms with Crippen molar-refractivity contribution in [3.8, 4) is 0 Å². The molecule has 0 saturated heterocycles. The first-order chi connectivity index (χ1) is 8.74. The van der Waals surface area contributed by atoms with Crippen LogP contribution in [0.15, 0.2) is 30.6 Å². The lowest BCUT2D eigenvalue weighted by molar-refractivity contribution is 0.622. The van der Waals surface area contributed by atoms with Crippen LogP contribution in [0, 0.1) is 5.82 Å². The first kappa shape index (κ1) is 12.8. The summed E-state index contributed by atoms with van der Waals surface area (Å²) < 4.78 is 15.4. The van der Waals surface area contributed by atoms with Crippen LogP contribution in [-0.2, 0) is 19.5 Å². The summed E-state index contributed by atoms with van der Waals surface area (Å²) in [5.74, 6) is 0.778. The van der Waals surface area contributed by atoms with E-state index in [1.807, 2.05) is 19.3 Å². The SMILES string of the molecule is CCn1ccnc1Cc1cc(F)ccc1CNC. The Morgan fingerprint density at radius 3 is 2.89 bits per heavy atom. The standard InChI is InChI=1S/C14H18FN3/c1-3-18-7-6-17-14(18)9-12-8-13(15)5-4-11(12)10-16-2/h4-8,16H,3,9-10H2,1-2H3. The van der Waals surface area contributed by atoms with E-state index in [-0.39, 0.29) is 5.82 Å². The number of nitrogens with one attached hydrogen (secondary N) is 1. The molecule has 0 fully saturated rings. The van der Waals surface area contributed by atoms with Crippen LogP contribution in [-0.4, -0.2) is 16.6 Å². The molecule has 1 aromatic heterocycles. The Labute approximate surface area is 107 Å². The molecule has 0 atom stereocenters. The predicted molar refractivity (Wildman–Crippen MR) is 69.9 cm³/mol. The highest BCUT2D eigenvalue weighted by Gasteiger charge is 2.08. The lowest BCUT2D eigenvalue weighted by Crippen LogP contribution is -2.10. The molecule has 1 aromatic carbocycles. The zero-order valence-corrected chi connectivity index (χ0v) is 10.8. The van der Waals surface area contributed by atoms with Gasteiger partial charge in [-0.1, -0.05) is 6.07 Å². The molecule has 0 aliphatic rings. The molecule has 2 aromatic rings. The van der Waals surface area contributed by atoms with Gasteiger partial charge in [0, 0.05) is 31.9 Å². The number of aryl methyl sites for hydroxylation is 1. The van der Waals surface area contributed by atoms with Crippen LogP contribution in [0.25, 0.3) is 0 Å². The fourth-order valence-corrected chi connectivity index (χ4v) is 2.09. The van der Waals surface area contributed by atoms with Crippen LogP contribution >= 0.6 is 0 Å². The normalized spacial score (nSPS) is 10.8. The highest BCUT2D eigenvalue weighted by atomic mass is 19.1. The number of rotatable bonds is 5. The second-order valence-corrected chi connectivity index (χ2v) is 4.25. The lowest BCUT2D eigenvalue weighted by Gasteiger charge is -2.10. The molecule has 1 N–H and O–H groups in total. The van der Waals surface area contributed by atoms with E-state index in [0.717, 1.165) is 30.0 Å². The van der Waals surface area contributed by atoms with Gasteiger partial charge in [-0.05, 0) is 37.2 Å². The number of benzene rings is 1. The van der Waals surface area contributed by atoms with Crippen molar-refractivity contribution in [2.45, 2.75) is 26.4 Å². The van der Waals surface area contributed by atoms with Crippen LogP contribution in [0.5, 0.6) is 0 Å². The molecule has 0 saturated carbocycles. The predicted octanol–water partition coefficient (Wildman–Crippen LogP) is 2.35. The van der Waals surface area contributed by atoms with Crippen molar-refractivity contribution in [3.05, 3.63) is 53.4 Å². The Bertz CT molecular complexity index is 520. The number of hydrogen-bond donors (Lipinski definition) is 1. The zero-order chi connectivity index (χ0) is 13.0. The summed E-state index contributed by atoms with van der Waals surface area (Å²) in [5.41, 5.74) is 2.11. The fourth-order valence-electron chi connectivity index (χ4n) is 2.09. The molecule has 0 amide bonds. The zero-order valence-electron chi connectivity index (χ0n) is 10.8. The van der Waals surface area contributed by atoms with Crippen LogP contribution in [0.3, 0.4) is 0 Å². The molecule has 2 rings (SSSR count). The summed E-state index contributed by atoms with van der Waals surface area (Å²) in [6, 6.07) is 4.93. The molecule has 0 aliphatic carbocycles. The molecule has 0 aliphatic heterocycles. The number of aromatic nitrogens is 2. The molecule has 4 heteroatoms. The molecule has 1 heterocycles. The van der Waals surface area contributed by atoms with Crippen molar-refractivity contribution in [2.75, 3.05) is 7.05 Å². The smallest absolute Gasteiger partial charge is 0.123 e. The number of nitrogens with zero attached hydrogens (tertiary/aromatic N) is 2. The maximum Gasteiger partial charge on any atom is 0.123 e. The van der Waals surface area contributed by atoms with Crippen molar-refractivity contribution >= 4 is 0 Å². The minimum absolute atomic E-state index is 0.195.